The number of carbonyl (C=O) groups is 1. The van der Waals surface area contributed by atoms with Crippen LogP contribution in [0.2, 0.25) is 0 Å². The largest absolute Gasteiger partial charge is 0.497 e. The number of ether oxygens (including phenoxy) is 2. The maximum absolute atomic E-state index is 11.2. The molecule has 0 heterocycles. The molecule has 28 heavy (non-hydrogen) atoms. The number of rotatable bonds is 9. The Balaban J connectivity index is 0.000000292. The average molecular weight is 414 g/mol. The van der Waals surface area contributed by atoms with E-state index in [4.69, 9.17) is 13.7 Å². The Labute approximate surface area is 168 Å². The summed E-state index contributed by atoms with van der Waals surface area (Å²) in [6.07, 6.45) is 5.86. The molecule has 1 amide bonds. The molecule has 0 radical (unpaired) electrons. The Kier molecular flexibility index (Phi) is 10.6. The zero-order valence-electron chi connectivity index (χ0n) is 16.9. The van der Waals surface area contributed by atoms with Crippen molar-refractivity contribution >= 4 is 16.0 Å². The molecular formula is C20H31NO6S. The predicted octanol–water partition coefficient (Wildman–Crippen LogP) is 3.19. The number of hydrogen-bond donors (Lipinski definition) is 1. The molecule has 2 rings (SSSR count). The lowest BCUT2D eigenvalue weighted by Crippen LogP contribution is -2.20. The summed E-state index contributed by atoms with van der Waals surface area (Å²) >= 11 is 0. The van der Waals surface area contributed by atoms with E-state index < -0.39 is 10.1 Å². The Bertz CT molecular complexity index is 726. The van der Waals surface area contributed by atoms with Crippen LogP contribution in [0.1, 0.15) is 44.6 Å². The van der Waals surface area contributed by atoms with Crippen molar-refractivity contribution in [1.82, 2.24) is 5.32 Å². The van der Waals surface area contributed by atoms with Crippen molar-refractivity contribution in [3.63, 3.8) is 0 Å². The monoisotopic (exact) mass is 413 g/mol. The lowest BCUT2D eigenvalue weighted by atomic mass is 10.2. The minimum absolute atomic E-state index is 0.0263. The molecule has 0 atom stereocenters. The third-order valence-corrected chi connectivity index (χ3v) is 5.65. The quantitative estimate of drug-likeness (QED) is 0.494. The average Bonchev–Trinajstić information content (AvgIpc) is 3.18. The Morgan fingerprint density at radius 1 is 1.25 bits per heavy atom. The van der Waals surface area contributed by atoms with Crippen LogP contribution in [0.25, 0.3) is 0 Å². The van der Waals surface area contributed by atoms with Gasteiger partial charge in [-0.1, -0.05) is 26.3 Å². The molecule has 7 nitrogen and oxygen atoms in total. The molecular weight excluding hydrogens is 382 g/mol. The van der Waals surface area contributed by atoms with Crippen LogP contribution >= 0.6 is 0 Å². The third-order valence-electron chi connectivity index (χ3n) is 4.17. The summed E-state index contributed by atoms with van der Waals surface area (Å²) < 4.78 is 37.6. The van der Waals surface area contributed by atoms with Crippen molar-refractivity contribution in [3.05, 3.63) is 36.4 Å². The maximum atomic E-state index is 11.2. The fourth-order valence-corrected chi connectivity index (χ4v) is 3.95. The molecule has 0 unspecified atom stereocenters. The number of carbonyl (C=O) groups excluding carboxylic acids is 1. The molecule has 1 aromatic carbocycles. The number of amides is 1. The molecule has 1 aliphatic carbocycles. The Morgan fingerprint density at radius 3 is 2.46 bits per heavy atom. The third kappa shape index (κ3) is 8.75. The van der Waals surface area contributed by atoms with E-state index in [1.807, 2.05) is 19.1 Å². The van der Waals surface area contributed by atoms with Gasteiger partial charge in [0.2, 0.25) is 5.91 Å². The summed E-state index contributed by atoms with van der Waals surface area (Å²) in [7, 11) is -0.0469. The molecule has 1 fully saturated rings. The maximum Gasteiger partial charge on any atom is 0.267 e. The topological polar surface area (TPSA) is 90.9 Å². The SMILES string of the molecule is C=CC(=O)NCc1ccc(OC)cc1OC.CCCS(=O)(=O)OC1CCCC1. The van der Waals surface area contributed by atoms with E-state index in [1.165, 1.54) is 6.08 Å². The molecule has 1 aliphatic rings. The summed E-state index contributed by atoms with van der Waals surface area (Å²) in [5, 5.41) is 2.68. The molecule has 0 aromatic heterocycles. The smallest absolute Gasteiger partial charge is 0.267 e. The first-order chi connectivity index (χ1) is 13.3. The van der Waals surface area contributed by atoms with E-state index in [0.717, 1.165) is 37.0 Å². The highest BCUT2D eigenvalue weighted by molar-refractivity contribution is 7.86. The van der Waals surface area contributed by atoms with E-state index in [2.05, 4.69) is 11.9 Å². The summed E-state index contributed by atoms with van der Waals surface area (Å²) in [6, 6.07) is 5.44. The molecule has 0 saturated heterocycles. The van der Waals surface area contributed by atoms with Crippen LogP contribution in [0.15, 0.2) is 30.9 Å². The second-order valence-corrected chi connectivity index (χ2v) is 8.08. The van der Waals surface area contributed by atoms with Crippen LogP contribution in [-0.4, -0.2) is 40.4 Å². The van der Waals surface area contributed by atoms with Crippen LogP contribution in [0.5, 0.6) is 11.5 Å². The second-order valence-electron chi connectivity index (χ2n) is 6.36. The first kappa shape index (κ1) is 24.0. The summed E-state index contributed by atoms with van der Waals surface area (Å²) in [4.78, 5) is 11.0. The van der Waals surface area contributed by atoms with Crippen LogP contribution < -0.4 is 14.8 Å². The highest BCUT2D eigenvalue weighted by Gasteiger charge is 2.21. The van der Waals surface area contributed by atoms with Gasteiger partial charge in [0.15, 0.2) is 0 Å². The van der Waals surface area contributed by atoms with Crippen LogP contribution in [0.3, 0.4) is 0 Å². The van der Waals surface area contributed by atoms with Crippen LogP contribution in [0.4, 0.5) is 0 Å². The molecule has 0 aliphatic heterocycles. The van der Waals surface area contributed by atoms with Crippen molar-refractivity contribution in [2.45, 2.75) is 51.7 Å². The Morgan fingerprint density at radius 2 is 1.93 bits per heavy atom. The zero-order chi connectivity index (χ0) is 21.0. The van der Waals surface area contributed by atoms with Crippen molar-refractivity contribution < 1.29 is 26.9 Å². The molecule has 158 valence electrons. The van der Waals surface area contributed by atoms with Crippen molar-refractivity contribution in [2.75, 3.05) is 20.0 Å². The fourth-order valence-electron chi connectivity index (χ4n) is 2.74. The lowest BCUT2D eigenvalue weighted by molar-refractivity contribution is -0.116. The molecule has 1 N–H and O–H groups in total. The van der Waals surface area contributed by atoms with Crippen molar-refractivity contribution in [3.8, 4) is 11.5 Å². The summed E-state index contributed by atoms with van der Waals surface area (Å²) in [6.45, 7) is 5.62. The van der Waals surface area contributed by atoms with E-state index >= 15 is 0 Å². The standard InChI is InChI=1S/C12H15NO3.C8H16O3S/c1-4-12(14)13-8-9-5-6-10(15-2)7-11(9)16-3;1-2-7-12(9,10)11-8-5-3-4-6-8/h4-7H,1,8H2,2-3H3,(H,13,14);8H,2-7H2,1H3. The van der Waals surface area contributed by atoms with Gasteiger partial charge in [0.25, 0.3) is 10.1 Å². The van der Waals surface area contributed by atoms with Gasteiger partial charge < -0.3 is 14.8 Å². The highest BCUT2D eigenvalue weighted by Crippen LogP contribution is 2.24. The number of methoxy groups -OCH3 is 2. The van der Waals surface area contributed by atoms with E-state index in [1.54, 1.807) is 20.3 Å². The first-order valence-electron chi connectivity index (χ1n) is 9.37. The molecule has 0 spiro atoms. The van der Waals surface area contributed by atoms with Crippen LogP contribution in [0, 0.1) is 0 Å². The van der Waals surface area contributed by atoms with E-state index in [0.29, 0.717) is 18.7 Å². The van der Waals surface area contributed by atoms with Gasteiger partial charge in [-0.2, -0.15) is 8.42 Å². The van der Waals surface area contributed by atoms with Gasteiger partial charge in [-0.3, -0.25) is 8.98 Å². The minimum Gasteiger partial charge on any atom is -0.497 e. The molecule has 0 bridgehead atoms. The fraction of sp³-hybridized carbons (Fsp3) is 0.550. The van der Waals surface area contributed by atoms with Gasteiger partial charge >= 0.3 is 0 Å². The summed E-state index contributed by atoms with van der Waals surface area (Å²) in [5.41, 5.74) is 0.888. The van der Waals surface area contributed by atoms with Gasteiger partial charge in [-0.05, 0) is 37.5 Å². The van der Waals surface area contributed by atoms with Gasteiger partial charge in [0.05, 0.1) is 26.1 Å². The Hall–Kier alpha value is -2.06. The van der Waals surface area contributed by atoms with Crippen molar-refractivity contribution in [1.29, 1.82) is 0 Å². The number of hydrogen-bond acceptors (Lipinski definition) is 6. The van der Waals surface area contributed by atoms with E-state index in [9.17, 15) is 13.2 Å². The molecule has 1 aromatic rings. The van der Waals surface area contributed by atoms with Gasteiger partial charge in [-0.25, -0.2) is 0 Å². The second kappa shape index (κ2) is 12.4. The summed E-state index contributed by atoms with van der Waals surface area (Å²) in [5.74, 6) is 1.35. The van der Waals surface area contributed by atoms with E-state index in [-0.39, 0.29) is 17.8 Å². The lowest BCUT2D eigenvalue weighted by Gasteiger charge is -2.10. The van der Waals surface area contributed by atoms with Crippen LogP contribution in [-0.2, 0) is 25.6 Å². The van der Waals surface area contributed by atoms with Gasteiger partial charge in [0, 0.05) is 18.2 Å². The highest BCUT2D eigenvalue weighted by atomic mass is 32.2. The predicted molar refractivity (Wildman–Crippen MR) is 109 cm³/mol. The zero-order valence-corrected chi connectivity index (χ0v) is 17.7. The molecule has 8 heteroatoms. The van der Waals surface area contributed by atoms with Crippen molar-refractivity contribution in [2.24, 2.45) is 0 Å². The number of benzene rings is 1. The minimum atomic E-state index is -3.22. The number of nitrogens with one attached hydrogen (secondary N) is 1. The molecule has 1 saturated carbocycles. The first-order valence-corrected chi connectivity index (χ1v) is 10.9. The normalized spacial score (nSPS) is 14.0. The van der Waals surface area contributed by atoms with Gasteiger partial charge in [0.1, 0.15) is 11.5 Å². The van der Waals surface area contributed by atoms with Gasteiger partial charge in [-0.15, -0.1) is 0 Å².